The summed E-state index contributed by atoms with van der Waals surface area (Å²) < 4.78 is 31.8. The first-order valence-corrected chi connectivity index (χ1v) is 5.16. The van der Waals surface area contributed by atoms with Crippen LogP contribution in [0, 0.1) is 0 Å². The summed E-state index contributed by atoms with van der Waals surface area (Å²) in [4.78, 5) is 0.792. The molecule has 78 valence electrons. The Morgan fingerprint density at radius 1 is 1.06 bits per heavy atom. The Hall–Kier alpha value is -0.234. The molecule has 16 heavy (non-hydrogen) atoms. The van der Waals surface area contributed by atoms with Crippen LogP contribution in [0.5, 0.6) is 0 Å². The first kappa shape index (κ1) is 13.8. The molecule has 0 N–H and O–H groups in total. The van der Waals surface area contributed by atoms with Gasteiger partial charge in [0.1, 0.15) is 10.1 Å². The van der Waals surface area contributed by atoms with E-state index in [2.05, 4.69) is 20.9 Å². The number of hydrogen-bond acceptors (Lipinski definition) is 7. The Morgan fingerprint density at radius 3 is 2.00 bits per heavy atom. The van der Waals surface area contributed by atoms with Gasteiger partial charge < -0.3 is 4.55 Å². The molecule has 8 nitrogen and oxygen atoms in total. The average molecular weight is 265 g/mol. The maximum Gasteiger partial charge on any atom is 1.00 e. The molecule has 0 amide bonds. The molecule has 2 rings (SSSR count). The van der Waals surface area contributed by atoms with Crippen molar-refractivity contribution in [3.8, 4) is 5.69 Å². The van der Waals surface area contributed by atoms with E-state index < -0.39 is 10.1 Å². The van der Waals surface area contributed by atoms with Gasteiger partial charge in [0.25, 0.3) is 0 Å². The molecule has 0 unspecified atom stereocenters. The molecule has 2 aromatic rings. The molecule has 0 radical (unpaired) electrons. The Morgan fingerprint density at radius 2 is 1.56 bits per heavy atom. The molecule has 0 fully saturated rings. The van der Waals surface area contributed by atoms with Gasteiger partial charge in [0, 0.05) is 0 Å². The van der Waals surface area contributed by atoms with E-state index in [1.165, 1.54) is 24.3 Å². The molecule has 0 aliphatic heterocycles. The van der Waals surface area contributed by atoms with E-state index in [1.807, 2.05) is 0 Å². The van der Waals surface area contributed by atoms with E-state index >= 15 is 0 Å². The van der Waals surface area contributed by atoms with Gasteiger partial charge >= 0.3 is 51.4 Å². The van der Waals surface area contributed by atoms with Crippen LogP contribution in [-0.4, -0.2) is 38.6 Å². The summed E-state index contributed by atoms with van der Waals surface area (Å²) in [5.41, 5.74) is 0.465. The molecule has 1 heterocycles. The number of nitrogens with zero attached hydrogens (tertiary/aromatic N) is 5. The van der Waals surface area contributed by atoms with E-state index in [4.69, 9.17) is 0 Å². The van der Waals surface area contributed by atoms with Crippen LogP contribution in [0.2, 0.25) is 0 Å². The van der Waals surface area contributed by atoms with E-state index in [1.54, 1.807) is 0 Å². The van der Waals surface area contributed by atoms with Crippen LogP contribution >= 0.6 is 0 Å². The van der Waals surface area contributed by atoms with E-state index in [-0.39, 0.29) is 56.3 Å². The van der Waals surface area contributed by atoms with Gasteiger partial charge in [0.05, 0.1) is 10.6 Å². The van der Waals surface area contributed by atoms with Crippen molar-refractivity contribution >= 4 is 10.1 Å². The predicted octanol–water partition coefficient (Wildman–Crippen LogP) is -4.03. The van der Waals surface area contributed by atoms with Crippen LogP contribution in [0.15, 0.2) is 29.2 Å². The van der Waals surface area contributed by atoms with Gasteiger partial charge in [-0.05, 0) is 45.1 Å². The van der Waals surface area contributed by atoms with E-state index in [9.17, 15) is 13.0 Å². The smallest absolute Gasteiger partial charge is 0.744 e. The zero-order valence-corrected chi connectivity index (χ0v) is 12.1. The maximum absolute atomic E-state index is 10.6. The van der Waals surface area contributed by atoms with Crippen LogP contribution in [0.1, 0.15) is 0 Å². The minimum absolute atomic E-state index is 0. The minimum Gasteiger partial charge on any atom is -0.744 e. The number of aromatic nitrogens is 5. The first-order valence-electron chi connectivity index (χ1n) is 3.75. The van der Waals surface area contributed by atoms with Crippen molar-refractivity contribution in [3.05, 3.63) is 24.3 Å². The standard InChI is InChI=1S/C6H5N5O3S.K/c12-15(13,14)6-3-1-5(2-4-6)11-9-7-8-10-11;/h1-4H,(H,12,13,14);/q;+1/p-1. The second-order valence-electron chi connectivity index (χ2n) is 2.60. The minimum atomic E-state index is -4.42. The molecule has 0 bridgehead atoms. The van der Waals surface area contributed by atoms with Crippen molar-refractivity contribution in [2.45, 2.75) is 4.90 Å². The molecule has 0 saturated carbocycles. The topological polar surface area (TPSA) is 114 Å². The van der Waals surface area contributed by atoms with Gasteiger partial charge in [0.15, 0.2) is 0 Å². The molecule has 0 saturated heterocycles. The monoisotopic (exact) mass is 265 g/mol. The van der Waals surface area contributed by atoms with Crippen molar-refractivity contribution in [3.63, 3.8) is 0 Å². The molecule has 0 aliphatic carbocycles. The Bertz CT molecular complexity index is 552. The van der Waals surface area contributed by atoms with E-state index in [0.717, 1.165) is 4.80 Å². The molecule has 1 aromatic carbocycles. The molecular formula is C6H4KN5O3S. The summed E-state index contributed by atoms with van der Waals surface area (Å²) in [6.45, 7) is 0. The molecular weight excluding hydrogens is 261 g/mol. The quantitative estimate of drug-likeness (QED) is 0.401. The number of rotatable bonds is 2. The summed E-state index contributed by atoms with van der Waals surface area (Å²) in [5, 5.41) is 13.5. The van der Waals surface area contributed by atoms with Gasteiger partial charge in [-0.15, -0.1) is 4.80 Å². The number of hydrogen-bond donors (Lipinski definition) is 0. The summed E-state index contributed by atoms with van der Waals surface area (Å²) in [6.07, 6.45) is 0. The zero-order chi connectivity index (χ0) is 10.9. The fourth-order valence-corrected chi connectivity index (χ4v) is 1.45. The van der Waals surface area contributed by atoms with Gasteiger partial charge in [-0.1, -0.05) is 0 Å². The third-order valence-electron chi connectivity index (χ3n) is 1.65. The third-order valence-corrected chi connectivity index (χ3v) is 2.50. The summed E-state index contributed by atoms with van der Waals surface area (Å²) in [6, 6.07) is 5.10. The molecule has 0 spiro atoms. The van der Waals surface area contributed by atoms with Crippen molar-refractivity contribution < 1.29 is 64.4 Å². The SMILES string of the molecule is O=S(=O)([O-])c1ccc(-n2nnnn2)cc1.[K+]. The predicted molar refractivity (Wildman–Crippen MR) is 44.9 cm³/mol. The maximum atomic E-state index is 10.6. The second kappa shape index (κ2) is 5.40. The summed E-state index contributed by atoms with van der Waals surface area (Å²) >= 11 is 0. The van der Waals surface area contributed by atoms with Crippen LogP contribution in [0.25, 0.3) is 5.69 Å². The van der Waals surface area contributed by atoms with Crippen LogP contribution in [0.4, 0.5) is 0 Å². The first-order chi connectivity index (χ1) is 7.07. The zero-order valence-electron chi connectivity index (χ0n) is 8.18. The van der Waals surface area contributed by atoms with Crippen LogP contribution in [0.3, 0.4) is 0 Å². The van der Waals surface area contributed by atoms with Gasteiger partial charge in [-0.3, -0.25) is 0 Å². The summed E-state index contributed by atoms with van der Waals surface area (Å²) in [7, 11) is -4.42. The largest absolute Gasteiger partial charge is 1.00 e. The molecule has 0 aliphatic rings. The van der Waals surface area contributed by atoms with Gasteiger partial charge in [0.2, 0.25) is 0 Å². The average Bonchev–Trinajstić information content (AvgIpc) is 2.69. The van der Waals surface area contributed by atoms with Crippen molar-refractivity contribution in [2.75, 3.05) is 0 Å². The van der Waals surface area contributed by atoms with Gasteiger partial charge in [-0.2, -0.15) is 0 Å². The summed E-state index contributed by atoms with van der Waals surface area (Å²) in [5.74, 6) is 0. The van der Waals surface area contributed by atoms with Crippen molar-refractivity contribution in [1.29, 1.82) is 0 Å². The Labute approximate surface area is 133 Å². The molecule has 10 heteroatoms. The Balaban J connectivity index is 0.00000128. The van der Waals surface area contributed by atoms with Crippen molar-refractivity contribution in [2.24, 2.45) is 0 Å². The van der Waals surface area contributed by atoms with Crippen LogP contribution in [-0.2, 0) is 10.1 Å². The van der Waals surface area contributed by atoms with Crippen molar-refractivity contribution in [1.82, 2.24) is 25.7 Å². The van der Waals surface area contributed by atoms with Gasteiger partial charge in [-0.25, -0.2) is 8.42 Å². The normalized spacial score (nSPS) is 10.8. The fraction of sp³-hybridized carbons (Fsp3) is 0. The second-order valence-corrected chi connectivity index (χ2v) is 3.97. The van der Waals surface area contributed by atoms with Crippen LogP contribution < -0.4 is 51.4 Å². The van der Waals surface area contributed by atoms with E-state index in [0.29, 0.717) is 5.69 Å². The molecule has 1 aromatic heterocycles. The molecule has 0 atom stereocenters. The Kier molecular flexibility index (Phi) is 4.67. The fourth-order valence-electron chi connectivity index (χ4n) is 0.979. The third kappa shape index (κ3) is 3.13. The number of benzene rings is 1.